The number of hydrogen-bond donors (Lipinski definition) is 2. The molecule has 1 aliphatic rings. The smallest absolute Gasteiger partial charge is 0.240 e. The van der Waals surface area contributed by atoms with Crippen LogP contribution in [0.2, 0.25) is 0 Å². The number of rotatable bonds is 5. The largest absolute Gasteiger partial charge is 0.497 e. The summed E-state index contributed by atoms with van der Waals surface area (Å²) in [6, 6.07) is 7.25. The van der Waals surface area contributed by atoms with Crippen molar-refractivity contribution in [1.29, 1.82) is 0 Å². The molecule has 4 nitrogen and oxygen atoms in total. The number of carbonyl (C=O) groups is 1. The summed E-state index contributed by atoms with van der Waals surface area (Å²) in [5.74, 6) is 2.90. The molecule has 1 aliphatic heterocycles. The van der Waals surface area contributed by atoms with Gasteiger partial charge in [-0.25, -0.2) is 0 Å². The van der Waals surface area contributed by atoms with Crippen LogP contribution in [0, 0.1) is 5.92 Å². The molecule has 0 radical (unpaired) electrons. The van der Waals surface area contributed by atoms with Gasteiger partial charge in [0.2, 0.25) is 5.91 Å². The molecule has 98 valence electrons. The molecule has 3 N–H and O–H groups in total. The van der Waals surface area contributed by atoms with Gasteiger partial charge in [-0.3, -0.25) is 4.79 Å². The summed E-state index contributed by atoms with van der Waals surface area (Å²) in [5, 5.41) is 3.23. The lowest BCUT2D eigenvalue weighted by Gasteiger charge is -2.22. The van der Waals surface area contributed by atoms with Crippen molar-refractivity contribution >= 4 is 23.4 Å². The SMILES string of the molecule is COc1cccc(NC(C(N)=O)C2CCSC2)c1. The summed E-state index contributed by atoms with van der Waals surface area (Å²) in [6.45, 7) is 0. The number of nitrogens with one attached hydrogen (secondary N) is 1. The fraction of sp³-hybridized carbons (Fsp3) is 0.462. The van der Waals surface area contributed by atoms with Gasteiger partial charge < -0.3 is 15.8 Å². The summed E-state index contributed by atoms with van der Waals surface area (Å²) in [6.07, 6.45) is 1.04. The first-order valence-corrected chi connectivity index (χ1v) is 7.14. The molecule has 0 bridgehead atoms. The zero-order valence-electron chi connectivity index (χ0n) is 10.4. The van der Waals surface area contributed by atoms with Gasteiger partial charge in [0.25, 0.3) is 0 Å². The van der Waals surface area contributed by atoms with Crippen LogP contribution >= 0.6 is 11.8 Å². The summed E-state index contributed by atoms with van der Waals surface area (Å²) < 4.78 is 5.16. The molecule has 0 saturated carbocycles. The Morgan fingerprint density at radius 3 is 3.06 bits per heavy atom. The maximum absolute atomic E-state index is 11.6. The van der Waals surface area contributed by atoms with E-state index in [2.05, 4.69) is 5.32 Å². The second-order valence-corrected chi connectivity index (χ2v) is 5.53. The monoisotopic (exact) mass is 266 g/mol. The van der Waals surface area contributed by atoms with E-state index in [1.165, 1.54) is 0 Å². The Morgan fingerprint density at radius 2 is 2.44 bits per heavy atom. The van der Waals surface area contributed by atoms with E-state index in [0.717, 1.165) is 29.4 Å². The number of thioether (sulfide) groups is 1. The minimum absolute atomic E-state index is 0.287. The highest BCUT2D eigenvalue weighted by Crippen LogP contribution is 2.28. The number of amides is 1. The number of hydrogen-bond acceptors (Lipinski definition) is 4. The average Bonchev–Trinajstić information content (AvgIpc) is 2.89. The minimum Gasteiger partial charge on any atom is -0.497 e. The van der Waals surface area contributed by atoms with Crippen molar-refractivity contribution in [3.05, 3.63) is 24.3 Å². The van der Waals surface area contributed by atoms with Gasteiger partial charge in [-0.2, -0.15) is 11.8 Å². The van der Waals surface area contributed by atoms with E-state index in [1.807, 2.05) is 36.0 Å². The number of primary amides is 1. The number of ether oxygens (including phenoxy) is 1. The van der Waals surface area contributed by atoms with Gasteiger partial charge in [0.15, 0.2) is 0 Å². The molecule has 2 atom stereocenters. The van der Waals surface area contributed by atoms with Gasteiger partial charge >= 0.3 is 0 Å². The number of benzene rings is 1. The first-order valence-electron chi connectivity index (χ1n) is 5.98. The minimum atomic E-state index is -0.299. The van der Waals surface area contributed by atoms with Crippen LogP contribution in [0.1, 0.15) is 6.42 Å². The molecule has 2 unspecified atom stereocenters. The topological polar surface area (TPSA) is 64.3 Å². The zero-order valence-corrected chi connectivity index (χ0v) is 11.2. The summed E-state index contributed by atoms with van der Waals surface area (Å²) in [4.78, 5) is 11.6. The molecule has 1 fully saturated rings. The molecule has 0 aliphatic carbocycles. The van der Waals surface area contributed by atoms with Crippen molar-refractivity contribution in [2.75, 3.05) is 23.9 Å². The van der Waals surface area contributed by atoms with Crippen molar-refractivity contribution in [3.8, 4) is 5.75 Å². The Hall–Kier alpha value is -1.36. The van der Waals surface area contributed by atoms with Crippen LogP contribution in [0.4, 0.5) is 5.69 Å². The van der Waals surface area contributed by atoms with Gasteiger partial charge in [0.1, 0.15) is 11.8 Å². The maximum atomic E-state index is 11.6. The third kappa shape index (κ3) is 3.10. The van der Waals surface area contributed by atoms with Crippen LogP contribution in [0.15, 0.2) is 24.3 Å². The van der Waals surface area contributed by atoms with Gasteiger partial charge in [-0.05, 0) is 36.0 Å². The lowest BCUT2D eigenvalue weighted by atomic mass is 9.98. The van der Waals surface area contributed by atoms with Crippen molar-refractivity contribution in [1.82, 2.24) is 0 Å². The number of anilines is 1. The van der Waals surface area contributed by atoms with Crippen LogP contribution in [0.5, 0.6) is 5.75 Å². The van der Waals surface area contributed by atoms with Crippen LogP contribution < -0.4 is 15.8 Å². The van der Waals surface area contributed by atoms with Crippen molar-refractivity contribution in [2.24, 2.45) is 11.7 Å². The predicted octanol–water partition coefficient (Wildman–Crippen LogP) is 1.71. The van der Waals surface area contributed by atoms with Gasteiger partial charge in [0.05, 0.1) is 7.11 Å². The summed E-state index contributed by atoms with van der Waals surface area (Å²) in [5.41, 5.74) is 6.36. The third-order valence-corrected chi connectivity index (χ3v) is 4.32. The average molecular weight is 266 g/mol. The molecule has 2 rings (SSSR count). The molecular weight excluding hydrogens is 248 g/mol. The Kier molecular flexibility index (Phi) is 4.36. The first-order chi connectivity index (χ1) is 8.70. The molecule has 1 heterocycles. The molecule has 18 heavy (non-hydrogen) atoms. The number of carbonyl (C=O) groups excluding carboxylic acids is 1. The Bertz CT molecular complexity index is 419. The Labute approximate surface area is 111 Å². The fourth-order valence-electron chi connectivity index (χ4n) is 2.13. The van der Waals surface area contributed by atoms with Crippen molar-refractivity contribution in [2.45, 2.75) is 12.5 Å². The van der Waals surface area contributed by atoms with E-state index in [0.29, 0.717) is 5.92 Å². The first kappa shape index (κ1) is 13.1. The summed E-state index contributed by atoms with van der Waals surface area (Å²) >= 11 is 1.87. The van der Waals surface area contributed by atoms with Crippen molar-refractivity contribution in [3.63, 3.8) is 0 Å². The van der Waals surface area contributed by atoms with E-state index in [-0.39, 0.29) is 11.9 Å². The molecule has 1 saturated heterocycles. The highest BCUT2D eigenvalue weighted by molar-refractivity contribution is 7.99. The van der Waals surface area contributed by atoms with Crippen LogP contribution in [-0.4, -0.2) is 30.6 Å². The second kappa shape index (κ2) is 6.00. The Morgan fingerprint density at radius 1 is 1.61 bits per heavy atom. The highest BCUT2D eigenvalue weighted by atomic mass is 32.2. The van der Waals surface area contributed by atoms with Gasteiger partial charge in [0, 0.05) is 11.8 Å². The molecule has 0 spiro atoms. The summed E-state index contributed by atoms with van der Waals surface area (Å²) in [7, 11) is 1.62. The van der Waals surface area contributed by atoms with Crippen LogP contribution in [0.3, 0.4) is 0 Å². The van der Waals surface area contributed by atoms with Gasteiger partial charge in [-0.15, -0.1) is 0 Å². The number of nitrogens with two attached hydrogens (primary N) is 1. The normalized spacial score (nSPS) is 20.4. The Balaban J connectivity index is 2.10. The van der Waals surface area contributed by atoms with E-state index < -0.39 is 0 Å². The maximum Gasteiger partial charge on any atom is 0.240 e. The fourth-order valence-corrected chi connectivity index (χ4v) is 3.43. The van der Waals surface area contributed by atoms with Crippen molar-refractivity contribution < 1.29 is 9.53 Å². The van der Waals surface area contributed by atoms with E-state index in [4.69, 9.17) is 10.5 Å². The molecule has 0 aromatic heterocycles. The van der Waals surface area contributed by atoms with Crippen LogP contribution in [-0.2, 0) is 4.79 Å². The molecule has 5 heteroatoms. The molecule has 1 amide bonds. The molecule has 1 aromatic carbocycles. The standard InChI is InChI=1S/C13H18N2O2S/c1-17-11-4-2-3-10(7-11)15-12(13(14)16)9-5-6-18-8-9/h2-4,7,9,12,15H,5-6,8H2,1H3,(H2,14,16). The predicted molar refractivity (Wildman–Crippen MR) is 75.0 cm³/mol. The van der Waals surface area contributed by atoms with Crippen LogP contribution in [0.25, 0.3) is 0 Å². The third-order valence-electron chi connectivity index (χ3n) is 3.13. The van der Waals surface area contributed by atoms with E-state index >= 15 is 0 Å². The van der Waals surface area contributed by atoms with Gasteiger partial charge in [-0.1, -0.05) is 6.07 Å². The molecular formula is C13H18N2O2S. The zero-order chi connectivity index (χ0) is 13.0. The lowest BCUT2D eigenvalue weighted by Crippen LogP contribution is -2.41. The lowest BCUT2D eigenvalue weighted by molar-refractivity contribution is -0.119. The number of methoxy groups -OCH3 is 1. The quantitative estimate of drug-likeness (QED) is 0.851. The van der Waals surface area contributed by atoms with E-state index in [9.17, 15) is 4.79 Å². The second-order valence-electron chi connectivity index (χ2n) is 4.38. The highest BCUT2D eigenvalue weighted by Gasteiger charge is 2.29. The van der Waals surface area contributed by atoms with E-state index in [1.54, 1.807) is 7.11 Å². The molecule has 1 aromatic rings.